The van der Waals surface area contributed by atoms with Gasteiger partial charge in [0.25, 0.3) is 5.91 Å². The molecule has 1 atom stereocenters. The summed E-state index contributed by atoms with van der Waals surface area (Å²) in [4.78, 5) is 14.7. The Labute approximate surface area is 129 Å². The minimum Gasteiger partial charge on any atom is -0.392 e. The third-order valence-electron chi connectivity index (χ3n) is 4.10. The van der Waals surface area contributed by atoms with Gasteiger partial charge in [-0.25, -0.2) is 0 Å². The molecule has 1 aliphatic carbocycles. The Kier molecular flexibility index (Phi) is 5.16. The number of nitrogens with two attached hydrogens (primary N) is 1. The molecular weight excluding hydrogens is 288 g/mol. The normalized spacial score (nSPS) is 17.7. The van der Waals surface area contributed by atoms with Crippen LogP contribution in [0, 0.1) is 19.8 Å². The molecule has 20 heavy (non-hydrogen) atoms. The second-order valence-corrected chi connectivity index (χ2v) is 7.33. The lowest BCUT2D eigenvalue weighted by molar-refractivity contribution is 0.0936. The largest absolute Gasteiger partial charge is 0.392 e. The van der Waals surface area contributed by atoms with Crippen molar-refractivity contribution in [1.82, 2.24) is 5.32 Å². The number of hydrogen-bond donors (Lipinski definition) is 2. The number of nitrogens with one attached hydrogen (secondary N) is 1. The van der Waals surface area contributed by atoms with Crippen molar-refractivity contribution in [2.75, 3.05) is 0 Å². The molecular formula is C15H22N2OS2. The molecule has 0 bridgehead atoms. The van der Waals surface area contributed by atoms with Crippen LogP contribution in [0.15, 0.2) is 6.07 Å². The van der Waals surface area contributed by atoms with Gasteiger partial charge in [0.05, 0.1) is 15.9 Å². The maximum Gasteiger partial charge on any atom is 0.261 e. The van der Waals surface area contributed by atoms with E-state index >= 15 is 0 Å². The average Bonchev–Trinajstić information content (AvgIpc) is 2.76. The van der Waals surface area contributed by atoms with Crippen LogP contribution >= 0.6 is 23.6 Å². The van der Waals surface area contributed by atoms with Gasteiger partial charge in [0.1, 0.15) is 0 Å². The number of thiophene rings is 1. The first-order valence-electron chi connectivity index (χ1n) is 7.16. The van der Waals surface area contributed by atoms with Crippen LogP contribution < -0.4 is 11.1 Å². The van der Waals surface area contributed by atoms with Crippen LogP contribution in [0.5, 0.6) is 0 Å². The summed E-state index contributed by atoms with van der Waals surface area (Å²) < 4.78 is 0. The van der Waals surface area contributed by atoms with E-state index in [9.17, 15) is 4.79 Å². The summed E-state index contributed by atoms with van der Waals surface area (Å²) in [6.45, 7) is 4.05. The Balaban J connectivity index is 2.07. The van der Waals surface area contributed by atoms with Crippen molar-refractivity contribution in [2.24, 2.45) is 11.7 Å². The maximum atomic E-state index is 12.4. The molecule has 0 radical (unpaired) electrons. The maximum absolute atomic E-state index is 12.4. The van der Waals surface area contributed by atoms with Gasteiger partial charge in [-0.2, -0.15) is 0 Å². The van der Waals surface area contributed by atoms with Crippen molar-refractivity contribution in [1.29, 1.82) is 0 Å². The summed E-state index contributed by atoms with van der Waals surface area (Å²) >= 11 is 6.69. The third kappa shape index (κ3) is 3.58. The summed E-state index contributed by atoms with van der Waals surface area (Å²) in [6.07, 6.45) is 5.89. The van der Waals surface area contributed by atoms with Crippen molar-refractivity contribution >= 4 is 34.5 Å². The summed E-state index contributed by atoms with van der Waals surface area (Å²) in [6, 6.07) is 1.77. The van der Waals surface area contributed by atoms with Crippen molar-refractivity contribution in [3.63, 3.8) is 0 Å². The van der Waals surface area contributed by atoms with Crippen molar-refractivity contribution in [3.05, 3.63) is 21.4 Å². The first-order valence-corrected chi connectivity index (χ1v) is 8.38. The first-order chi connectivity index (χ1) is 9.49. The molecule has 0 spiro atoms. The van der Waals surface area contributed by atoms with Crippen LogP contribution in [-0.4, -0.2) is 16.9 Å². The molecule has 1 aromatic heterocycles. The van der Waals surface area contributed by atoms with E-state index in [1.165, 1.54) is 35.5 Å². The molecule has 1 aliphatic rings. The van der Waals surface area contributed by atoms with E-state index in [0.717, 1.165) is 23.3 Å². The van der Waals surface area contributed by atoms with Gasteiger partial charge in [0.2, 0.25) is 0 Å². The summed E-state index contributed by atoms with van der Waals surface area (Å²) in [7, 11) is 0. The fraction of sp³-hybridized carbons (Fsp3) is 0.600. The topological polar surface area (TPSA) is 55.1 Å². The highest BCUT2D eigenvalue weighted by Crippen LogP contribution is 2.27. The minimum absolute atomic E-state index is 0.0467. The third-order valence-corrected chi connectivity index (χ3v) is 5.51. The first kappa shape index (κ1) is 15.4. The van der Waals surface area contributed by atoms with Crippen molar-refractivity contribution in [2.45, 2.75) is 52.0 Å². The van der Waals surface area contributed by atoms with E-state index in [0.29, 0.717) is 10.9 Å². The zero-order valence-corrected chi connectivity index (χ0v) is 13.7. The van der Waals surface area contributed by atoms with Crippen LogP contribution in [-0.2, 0) is 0 Å². The molecule has 0 saturated heterocycles. The molecule has 0 aromatic carbocycles. The van der Waals surface area contributed by atoms with E-state index in [1.807, 2.05) is 19.9 Å². The Morgan fingerprint density at radius 3 is 2.55 bits per heavy atom. The van der Waals surface area contributed by atoms with E-state index < -0.39 is 0 Å². The van der Waals surface area contributed by atoms with Gasteiger partial charge in [-0.1, -0.05) is 31.5 Å². The van der Waals surface area contributed by atoms with Crippen LogP contribution in [0.25, 0.3) is 0 Å². The molecule has 1 unspecified atom stereocenters. The number of rotatable bonds is 4. The molecule has 1 heterocycles. The number of aryl methyl sites for hydroxylation is 2. The zero-order chi connectivity index (χ0) is 14.7. The van der Waals surface area contributed by atoms with E-state index in [-0.39, 0.29) is 11.9 Å². The predicted molar refractivity (Wildman–Crippen MR) is 88.4 cm³/mol. The van der Waals surface area contributed by atoms with Gasteiger partial charge in [-0.15, -0.1) is 11.3 Å². The molecule has 3 N–H and O–H groups in total. The molecule has 1 fully saturated rings. The number of thiocarbonyl (C=S) groups is 1. The average molecular weight is 310 g/mol. The van der Waals surface area contributed by atoms with Gasteiger partial charge in [-0.3, -0.25) is 4.79 Å². The lowest BCUT2D eigenvalue weighted by Gasteiger charge is -2.30. The lowest BCUT2D eigenvalue weighted by Crippen LogP contribution is -2.48. The van der Waals surface area contributed by atoms with Crippen LogP contribution in [0.3, 0.4) is 0 Å². The monoisotopic (exact) mass is 310 g/mol. The number of amides is 1. The number of carbonyl (C=O) groups excluding carboxylic acids is 1. The predicted octanol–water partition coefficient (Wildman–Crippen LogP) is 3.33. The second-order valence-electron chi connectivity index (χ2n) is 5.60. The highest BCUT2D eigenvalue weighted by molar-refractivity contribution is 7.80. The number of hydrogen-bond acceptors (Lipinski definition) is 3. The fourth-order valence-corrected chi connectivity index (χ4v) is 3.97. The zero-order valence-electron chi connectivity index (χ0n) is 12.1. The molecule has 0 aliphatic heterocycles. The molecule has 2 rings (SSSR count). The molecule has 5 heteroatoms. The summed E-state index contributed by atoms with van der Waals surface area (Å²) in [5.41, 5.74) is 7.01. The molecule has 1 amide bonds. The van der Waals surface area contributed by atoms with Crippen LogP contribution in [0.2, 0.25) is 0 Å². The molecule has 110 valence electrons. The van der Waals surface area contributed by atoms with Crippen LogP contribution in [0.1, 0.15) is 52.2 Å². The smallest absolute Gasteiger partial charge is 0.261 e. The standard InChI is InChI=1S/C15H22N2OS2/c1-9-8-12(20-10(9)2)15(18)17-13(14(16)19)11-6-4-3-5-7-11/h8,11,13H,3-7H2,1-2H3,(H2,16,19)(H,17,18). The van der Waals surface area contributed by atoms with Gasteiger partial charge in [0.15, 0.2) is 0 Å². The fourth-order valence-electron chi connectivity index (χ4n) is 2.79. The summed E-state index contributed by atoms with van der Waals surface area (Å²) in [5, 5.41) is 3.05. The Morgan fingerprint density at radius 1 is 1.40 bits per heavy atom. The SMILES string of the molecule is Cc1cc(C(=O)NC(C(N)=S)C2CCCCC2)sc1C. The highest BCUT2D eigenvalue weighted by Gasteiger charge is 2.27. The van der Waals surface area contributed by atoms with Gasteiger partial charge >= 0.3 is 0 Å². The molecule has 3 nitrogen and oxygen atoms in total. The number of carbonyl (C=O) groups is 1. The molecule has 1 aromatic rings. The second kappa shape index (κ2) is 6.68. The highest BCUT2D eigenvalue weighted by atomic mass is 32.1. The quantitative estimate of drug-likeness (QED) is 0.839. The van der Waals surface area contributed by atoms with Crippen LogP contribution in [0.4, 0.5) is 0 Å². The summed E-state index contributed by atoms with van der Waals surface area (Å²) in [5.74, 6) is 0.349. The molecule has 1 saturated carbocycles. The van der Waals surface area contributed by atoms with Gasteiger partial charge in [0, 0.05) is 4.88 Å². The van der Waals surface area contributed by atoms with Crippen molar-refractivity contribution < 1.29 is 4.79 Å². The lowest BCUT2D eigenvalue weighted by atomic mass is 9.84. The van der Waals surface area contributed by atoms with E-state index in [2.05, 4.69) is 5.32 Å². The Bertz CT molecular complexity index is 484. The van der Waals surface area contributed by atoms with E-state index in [1.54, 1.807) is 0 Å². The van der Waals surface area contributed by atoms with Crippen molar-refractivity contribution in [3.8, 4) is 0 Å². The van der Waals surface area contributed by atoms with Gasteiger partial charge in [-0.05, 0) is 44.2 Å². The van der Waals surface area contributed by atoms with Gasteiger partial charge < -0.3 is 11.1 Å². The van der Waals surface area contributed by atoms with E-state index in [4.69, 9.17) is 18.0 Å². The Hall–Kier alpha value is -0.940. The Morgan fingerprint density at radius 2 is 2.05 bits per heavy atom. The minimum atomic E-state index is -0.166.